The van der Waals surface area contributed by atoms with E-state index in [4.69, 9.17) is 10.6 Å². The lowest BCUT2D eigenvalue weighted by molar-refractivity contribution is -0.168. The van der Waals surface area contributed by atoms with Crippen LogP contribution in [0.5, 0.6) is 0 Å². The van der Waals surface area contributed by atoms with E-state index in [2.05, 4.69) is 10.3 Å². The number of nitrogens with one attached hydrogen (secondary N) is 1. The first-order chi connectivity index (χ1) is 6.15. The largest absolute Gasteiger partial charge is 0.318 e. The van der Waals surface area contributed by atoms with E-state index in [0.717, 1.165) is 5.06 Å². The van der Waals surface area contributed by atoms with Gasteiger partial charge in [-0.05, 0) is 0 Å². The molecule has 1 atom stereocenters. The molecule has 1 fully saturated rings. The molecule has 2 amide bonds. The normalized spacial score (nSPS) is 22.2. The van der Waals surface area contributed by atoms with Crippen LogP contribution in [0.2, 0.25) is 0 Å². The van der Waals surface area contributed by atoms with Crippen molar-refractivity contribution in [3.05, 3.63) is 0 Å². The SMILES string of the molecule is CONC(=O)CN1OCC(N)C1=O. The average molecular weight is 189 g/mol. The fraction of sp³-hybridized carbons (Fsp3) is 0.667. The molecule has 1 rings (SSSR count). The van der Waals surface area contributed by atoms with Gasteiger partial charge in [-0.15, -0.1) is 0 Å². The van der Waals surface area contributed by atoms with Crippen molar-refractivity contribution in [2.45, 2.75) is 6.04 Å². The summed E-state index contributed by atoms with van der Waals surface area (Å²) in [4.78, 5) is 31.2. The Kier molecular flexibility index (Phi) is 3.18. The topological polar surface area (TPSA) is 93.9 Å². The zero-order valence-electron chi connectivity index (χ0n) is 7.15. The molecule has 7 nitrogen and oxygen atoms in total. The summed E-state index contributed by atoms with van der Waals surface area (Å²) in [6, 6.07) is -0.671. The predicted octanol–water partition coefficient (Wildman–Crippen LogP) is -2.23. The number of hydroxylamine groups is 3. The summed E-state index contributed by atoms with van der Waals surface area (Å²) >= 11 is 0. The first-order valence-electron chi connectivity index (χ1n) is 3.67. The van der Waals surface area contributed by atoms with E-state index < -0.39 is 17.9 Å². The molecular formula is C6H11N3O4. The maximum Gasteiger partial charge on any atom is 0.265 e. The number of hydrogen-bond donors (Lipinski definition) is 2. The van der Waals surface area contributed by atoms with Crippen molar-refractivity contribution < 1.29 is 19.3 Å². The third-order valence-corrected chi connectivity index (χ3v) is 1.48. The maximum atomic E-state index is 11.1. The Morgan fingerprint density at radius 2 is 2.62 bits per heavy atom. The lowest BCUT2D eigenvalue weighted by Crippen LogP contribution is -2.40. The van der Waals surface area contributed by atoms with Crippen molar-refractivity contribution in [1.82, 2.24) is 10.5 Å². The third-order valence-electron chi connectivity index (χ3n) is 1.48. The highest BCUT2D eigenvalue weighted by Gasteiger charge is 2.31. The van der Waals surface area contributed by atoms with Gasteiger partial charge in [-0.1, -0.05) is 0 Å². The molecule has 0 radical (unpaired) electrons. The minimum Gasteiger partial charge on any atom is -0.318 e. The number of rotatable bonds is 3. The minimum atomic E-state index is -0.671. The Morgan fingerprint density at radius 1 is 1.92 bits per heavy atom. The van der Waals surface area contributed by atoms with E-state index in [0.29, 0.717) is 0 Å². The van der Waals surface area contributed by atoms with Crippen LogP contribution >= 0.6 is 0 Å². The Labute approximate surface area is 74.7 Å². The Bertz CT molecular complexity index is 220. The van der Waals surface area contributed by atoms with Crippen molar-refractivity contribution in [3.63, 3.8) is 0 Å². The summed E-state index contributed by atoms with van der Waals surface area (Å²) in [7, 11) is 1.30. The molecule has 0 aliphatic carbocycles. The second-order valence-electron chi connectivity index (χ2n) is 2.51. The number of hydrogen-bond acceptors (Lipinski definition) is 5. The van der Waals surface area contributed by atoms with Crippen molar-refractivity contribution in [1.29, 1.82) is 0 Å². The van der Waals surface area contributed by atoms with Gasteiger partial charge in [0.15, 0.2) is 0 Å². The number of carbonyl (C=O) groups excluding carboxylic acids is 2. The van der Waals surface area contributed by atoms with Crippen molar-refractivity contribution in [2.24, 2.45) is 5.73 Å². The zero-order valence-corrected chi connectivity index (χ0v) is 7.15. The van der Waals surface area contributed by atoms with Gasteiger partial charge in [-0.2, -0.15) is 0 Å². The van der Waals surface area contributed by atoms with E-state index in [1.807, 2.05) is 0 Å². The van der Waals surface area contributed by atoms with Gasteiger partial charge in [0.1, 0.15) is 12.6 Å². The van der Waals surface area contributed by atoms with Gasteiger partial charge >= 0.3 is 0 Å². The van der Waals surface area contributed by atoms with Crippen LogP contribution in [0.1, 0.15) is 0 Å². The monoisotopic (exact) mass is 189 g/mol. The second-order valence-corrected chi connectivity index (χ2v) is 2.51. The fourth-order valence-electron chi connectivity index (χ4n) is 0.890. The number of carbonyl (C=O) groups is 2. The molecule has 1 aliphatic rings. The summed E-state index contributed by atoms with van der Waals surface area (Å²) < 4.78 is 0. The molecule has 1 saturated heterocycles. The van der Waals surface area contributed by atoms with Crippen LogP contribution in [-0.2, 0) is 19.3 Å². The summed E-state index contributed by atoms with van der Waals surface area (Å²) in [5, 5.41) is 0.916. The smallest absolute Gasteiger partial charge is 0.265 e. The predicted molar refractivity (Wildman–Crippen MR) is 40.8 cm³/mol. The van der Waals surface area contributed by atoms with Crippen molar-refractivity contribution in [2.75, 3.05) is 20.3 Å². The van der Waals surface area contributed by atoms with E-state index in [1.54, 1.807) is 0 Å². The summed E-state index contributed by atoms with van der Waals surface area (Å²) in [5.41, 5.74) is 7.39. The molecular weight excluding hydrogens is 178 g/mol. The molecule has 1 heterocycles. The lowest BCUT2D eigenvalue weighted by Gasteiger charge is -2.12. The number of nitrogens with two attached hydrogens (primary N) is 1. The quantitative estimate of drug-likeness (QED) is 0.490. The number of nitrogens with zero attached hydrogens (tertiary/aromatic N) is 1. The van der Waals surface area contributed by atoms with Crippen LogP contribution in [0.4, 0.5) is 0 Å². The molecule has 3 N–H and O–H groups in total. The fourth-order valence-corrected chi connectivity index (χ4v) is 0.890. The molecule has 1 unspecified atom stereocenters. The average Bonchev–Trinajstić information content (AvgIpc) is 2.37. The van der Waals surface area contributed by atoms with Crippen molar-refractivity contribution >= 4 is 11.8 Å². The summed E-state index contributed by atoms with van der Waals surface area (Å²) in [6.45, 7) is -0.0977. The highest BCUT2D eigenvalue weighted by Crippen LogP contribution is 2.04. The Balaban J connectivity index is 2.38. The molecule has 13 heavy (non-hydrogen) atoms. The number of amides is 2. The van der Waals surface area contributed by atoms with Crippen molar-refractivity contribution in [3.8, 4) is 0 Å². The van der Waals surface area contributed by atoms with E-state index in [1.165, 1.54) is 7.11 Å². The van der Waals surface area contributed by atoms with Crippen LogP contribution < -0.4 is 11.2 Å². The second kappa shape index (κ2) is 4.17. The van der Waals surface area contributed by atoms with Crippen LogP contribution in [0.25, 0.3) is 0 Å². The molecule has 0 aromatic heterocycles. The third kappa shape index (κ3) is 2.38. The summed E-state index contributed by atoms with van der Waals surface area (Å²) in [6.07, 6.45) is 0. The first-order valence-corrected chi connectivity index (χ1v) is 3.67. The molecule has 0 aromatic carbocycles. The first kappa shape index (κ1) is 9.90. The zero-order chi connectivity index (χ0) is 9.84. The van der Waals surface area contributed by atoms with Gasteiger partial charge in [0.05, 0.1) is 13.7 Å². The molecule has 1 aliphatic heterocycles. The Morgan fingerprint density at radius 3 is 3.08 bits per heavy atom. The van der Waals surface area contributed by atoms with Crippen LogP contribution in [0.3, 0.4) is 0 Å². The van der Waals surface area contributed by atoms with Gasteiger partial charge in [-0.25, -0.2) is 10.5 Å². The molecule has 0 aromatic rings. The van der Waals surface area contributed by atoms with Gasteiger partial charge in [0, 0.05) is 0 Å². The van der Waals surface area contributed by atoms with E-state index in [9.17, 15) is 9.59 Å². The summed E-state index contributed by atoms with van der Waals surface area (Å²) in [5.74, 6) is -0.865. The highest BCUT2D eigenvalue weighted by molar-refractivity contribution is 5.87. The molecule has 0 saturated carbocycles. The van der Waals surface area contributed by atoms with E-state index in [-0.39, 0.29) is 13.2 Å². The Hall–Kier alpha value is -1.18. The highest BCUT2D eigenvalue weighted by atomic mass is 16.7. The standard InChI is InChI=1S/C6H11N3O4/c1-12-8-5(10)2-9-6(11)4(7)3-13-9/h4H,2-3,7H2,1H3,(H,8,10). The van der Waals surface area contributed by atoms with Crippen LogP contribution in [0.15, 0.2) is 0 Å². The van der Waals surface area contributed by atoms with Crippen LogP contribution in [0, 0.1) is 0 Å². The molecule has 74 valence electrons. The molecule has 0 spiro atoms. The lowest BCUT2D eigenvalue weighted by atomic mass is 10.3. The van der Waals surface area contributed by atoms with Gasteiger partial charge < -0.3 is 5.73 Å². The minimum absolute atomic E-state index is 0.110. The van der Waals surface area contributed by atoms with Crippen LogP contribution in [-0.4, -0.2) is 43.2 Å². The van der Waals surface area contributed by atoms with Gasteiger partial charge in [0.2, 0.25) is 0 Å². The molecule has 0 bridgehead atoms. The van der Waals surface area contributed by atoms with Gasteiger partial charge in [0.25, 0.3) is 11.8 Å². The maximum absolute atomic E-state index is 11.1. The van der Waals surface area contributed by atoms with Gasteiger partial charge in [-0.3, -0.25) is 19.3 Å². The molecule has 7 heteroatoms. The van der Waals surface area contributed by atoms with E-state index >= 15 is 0 Å².